The molecule has 1 aliphatic rings. The molecule has 3 aromatic rings. The van der Waals surface area contributed by atoms with Gasteiger partial charge in [-0.15, -0.1) is 0 Å². The molecule has 4 nitrogen and oxygen atoms in total. The number of nitrogens with zero attached hydrogens (tertiary/aromatic N) is 1. The van der Waals surface area contributed by atoms with E-state index >= 15 is 0 Å². The maximum atomic E-state index is 13.5. The van der Waals surface area contributed by atoms with Crippen LogP contribution in [0.2, 0.25) is 0 Å². The Balaban J connectivity index is 1.63. The summed E-state index contributed by atoms with van der Waals surface area (Å²) in [5, 5.41) is 3.13. The first-order chi connectivity index (χ1) is 12.2. The summed E-state index contributed by atoms with van der Waals surface area (Å²) >= 11 is 1.93. The van der Waals surface area contributed by atoms with Crippen molar-refractivity contribution in [3.05, 3.63) is 59.7 Å². The number of aromatic nitrogens is 1. The average molecular weight is 358 g/mol. The number of carbonyl (C=O) groups excluding carboxylic acids is 1. The smallest absolute Gasteiger partial charge is 0.268 e. The van der Waals surface area contributed by atoms with E-state index in [2.05, 4.69) is 5.32 Å². The molecule has 0 radical (unpaired) electrons. The van der Waals surface area contributed by atoms with Crippen LogP contribution in [0.3, 0.4) is 0 Å². The zero-order valence-electron chi connectivity index (χ0n) is 13.7. The molecule has 0 aliphatic carbocycles. The standard InChI is InChI=1S/C19H19FN2O2S/c20-14-3-1-2-13(10-14)12-22-16-4-7-24-18(16)11-17(22)19(23)21-15-5-8-25-9-6-15/h1-4,7,10-11,15H,5-6,8-9,12H2,(H,21,23). The molecule has 1 saturated heterocycles. The summed E-state index contributed by atoms with van der Waals surface area (Å²) in [4.78, 5) is 12.8. The van der Waals surface area contributed by atoms with E-state index in [-0.39, 0.29) is 17.8 Å². The third-order valence-corrected chi connectivity index (χ3v) is 5.59. The van der Waals surface area contributed by atoms with Gasteiger partial charge in [-0.25, -0.2) is 4.39 Å². The van der Waals surface area contributed by atoms with Crippen molar-refractivity contribution in [3.63, 3.8) is 0 Å². The van der Waals surface area contributed by atoms with E-state index in [0.29, 0.717) is 17.8 Å². The van der Waals surface area contributed by atoms with Crippen LogP contribution in [-0.4, -0.2) is 28.0 Å². The molecule has 0 unspecified atom stereocenters. The van der Waals surface area contributed by atoms with Gasteiger partial charge in [0.2, 0.25) is 0 Å². The SMILES string of the molecule is O=C(NC1CCSCC1)c1cc2occc2n1Cc1cccc(F)c1. The number of fused-ring (bicyclic) bond motifs is 1. The van der Waals surface area contributed by atoms with Crippen LogP contribution in [0.25, 0.3) is 11.1 Å². The first kappa shape index (κ1) is 16.3. The molecule has 1 fully saturated rings. The van der Waals surface area contributed by atoms with Gasteiger partial charge >= 0.3 is 0 Å². The molecule has 0 spiro atoms. The van der Waals surface area contributed by atoms with Crippen LogP contribution in [0.1, 0.15) is 28.9 Å². The molecular weight excluding hydrogens is 339 g/mol. The van der Waals surface area contributed by atoms with Crippen LogP contribution < -0.4 is 5.32 Å². The van der Waals surface area contributed by atoms with Gasteiger partial charge in [0.1, 0.15) is 11.5 Å². The minimum atomic E-state index is -0.279. The Morgan fingerprint density at radius 2 is 2.12 bits per heavy atom. The first-order valence-electron chi connectivity index (χ1n) is 8.40. The number of halogens is 1. The Hall–Kier alpha value is -2.21. The zero-order valence-corrected chi connectivity index (χ0v) is 14.5. The molecule has 1 amide bonds. The lowest BCUT2D eigenvalue weighted by molar-refractivity contribution is 0.0926. The number of nitrogens with one attached hydrogen (secondary N) is 1. The van der Waals surface area contributed by atoms with Gasteiger partial charge in [0.05, 0.1) is 11.8 Å². The first-order valence-corrected chi connectivity index (χ1v) is 9.56. The van der Waals surface area contributed by atoms with E-state index < -0.39 is 0 Å². The van der Waals surface area contributed by atoms with Gasteiger partial charge in [0.25, 0.3) is 5.91 Å². The van der Waals surface area contributed by atoms with Crippen LogP contribution in [0.4, 0.5) is 4.39 Å². The summed E-state index contributed by atoms with van der Waals surface area (Å²) < 4.78 is 20.9. The fourth-order valence-electron chi connectivity index (χ4n) is 3.25. The van der Waals surface area contributed by atoms with Gasteiger partial charge in [-0.2, -0.15) is 11.8 Å². The Labute approximate surface area is 149 Å². The highest BCUT2D eigenvalue weighted by atomic mass is 32.2. The molecule has 4 rings (SSSR count). The van der Waals surface area contributed by atoms with Gasteiger partial charge in [-0.3, -0.25) is 4.79 Å². The fourth-order valence-corrected chi connectivity index (χ4v) is 4.36. The highest BCUT2D eigenvalue weighted by molar-refractivity contribution is 7.99. The molecule has 130 valence electrons. The van der Waals surface area contributed by atoms with Crippen molar-refractivity contribution in [1.29, 1.82) is 0 Å². The molecule has 1 aromatic carbocycles. The zero-order chi connectivity index (χ0) is 17.2. The Morgan fingerprint density at radius 3 is 2.92 bits per heavy atom. The highest BCUT2D eigenvalue weighted by Gasteiger charge is 2.21. The lowest BCUT2D eigenvalue weighted by Crippen LogP contribution is -2.38. The Morgan fingerprint density at radius 1 is 1.28 bits per heavy atom. The van der Waals surface area contributed by atoms with Crippen molar-refractivity contribution in [1.82, 2.24) is 9.88 Å². The van der Waals surface area contributed by atoms with E-state index in [9.17, 15) is 9.18 Å². The number of hydrogen-bond donors (Lipinski definition) is 1. The van der Waals surface area contributed by atoms with Crippen molar-refractivity contribution in [3.8, 4) is 0 Å². The van der Waals surface area contributed by atoms with Crippen molar-refractivity contribution in [2.45, 2.75) is 25.4 Å². The van der Waals surface area contributed by atoms with E-state index in [4.69, 9.17) is 4.42 Å². The van der Waals surface area contributed by atoms with Gasteiger partial charge in [0, 0.05) is 24.7 Å². The largest absolute Gasteiger partial charge is 0.463 e. The average Bonchev–Trinajstić information content (AvgIpc) is 3.19. The number of carbonyl (C=O) groups is 1. The number of rotatable bonds is 4. The maximum absolute atomic E-state index is 13.5. The van der Waals surface area contributed by atoms with Gasteiger partial charge in [-0.1, -0.05) is 12.1 Å². The van der Waals surface area contributed by atoms with E-state index in [1.165, 1.54) is 12.1 Å². The number of benzene rings is 1. The molecular formula is C19H19FN2O2S. The Kier molecular flexibility index (Phi) is 4.53. The second-order valence-electron chi connectivity index (χ2n) is 6.28. The quantitative estimate of drug-likeness (QED) is 0.765. The molecule has 0 saturated carbocycles. The van der Waals surface area contributed by atoms with Crippen molar-refractivity contribution in [2.75, 3.05) is 11.5 Å². The van der Waals surface area contributed by atoms with E-state index in [1.807, 2.05) is 28.5 Å². The second kappa shape index (κ2) is 6.96. The molecule has 25 heavy (non-hydrogen) atoms. The summed E-state index contributed by atoms with van der Waals surface area (Å²) in [5.41, 5.74) is 2.87. The predicted octanol–water partition coefficient (Wildman–Crippen LogP) is 4.05. The third kappa shape index (κ3) is 3.44. The van der Waals surface area contributed by atoms with E-state index in [1.54, 1.807) is 18.4 Å². The third-order valence-electron chi connectivity index (χ3n) is 4.54. The van der Waals surface area contributed by atoms with Crippen molar-refractivity contribution >= 4 is 28.8 Å². The summed E-state index contributed by atoms with van der Waals surface area (Å²) in [6.07, 6.45) is 3.60. The fraction of sp³-hybridized carbons (Fsp3) is 0.316. The lowest BCUT2D eigenvalue weighted by Gasteiger charge is -2.22. The summed E-state index contributed by atoms with van der Waals surface area (Å²) in [6, 6.07) is 10.3. The summed E-state index contributed by atoms with van der Waals surface area (Å²) in [7, 11) is 0. The van der Waals surface area contributed by atoms with Crippen LogP contribution in [-0.2, 0) is 6.54 Å². The minimum absolute atomic E-state index is 0.0975. The number of hydrogen-bond acceptors (Lipinski definition) is 3. The monoisotopic (exact) mass is 358 g/mol. The second-order valence-corrected chi connectivity index (χ2v) is 7.50. The topological polar surface area (TPSA) is 47.2 Å². The molecule has 3 heterocycles. The van der Waals surface area contributed by atoms with Gasteiger partial charge < -0.3 is 14.3 Å². The summed E-state index contributed by atoms with van der Waals surface area (Å²) in [6.45, 7) is 0.421. The van der Waals surface area contributed by atoms with Crippen molar-refractivity contribution < 1.29 is 13.6 Å². The van der Waals surface area contributed by atoms with Gasteiger partial charge in [0.15, 0.2) is 5.58 Å². The maximum Gasteiger partial charge on any atom is 0.268 e. The highest BCUT2D eigenvalue weighted by Crippen LogP contribution is 2.24. The van der Waals surface area contributed by atoms with Crippen LogP contribution in [0, 0.1) is 5.82 Å². The van der Waals surface area contributed by atoms with Crippen LogP contribution in [0.5, 0.6) is 0 Å². The molecule has 2 aromatic heterocycles. The predicted molar refractivity (Wildman–Crippen MR) is 97.5 cm³/mol. The molecule has 0 bridgehead atoms. The van der Waals surface area contributed by atoms with Crippen LogP contribution >= 0.6 is 11.8 Å². The minimum Gasteiger partial charge on any atom is -0.463 e. The molecule has 1 aliphatic heterocycles. The van der Waals surface area contributed by atoms with Crippen LogP contribution in [0.15, 0.2) is 47.1 Å². The number of amides is 1. The lowest BCUT2D eigenvalue weighted by atomic mass is 10.1. The van der Waals surface area contributed by atoms with E-state index in [0.717, 1.165) is 35.4 Å². The number of furan rings is 1. The van der Waals surface area contributed by atoms with Gasteiger partial charge in [-0.05, 0) is 42.0 Å². The molecule has 6 heteroatoms. The normalized spacial score (nSPS) is 15.6. The number of thioether (sulfide) groups is 1. The molecule has 1 N–H and O–H groups in total. The summed E-state index contributed by atoms with van der Waals surface area (Å²) in [5.74, 6) is 1.79. The van der Waals surface area contributed by atoms with Crippen molar-refractivity contribution in [2.24, 2.45) is 0 Å². The molecule has 0 atom stereocenters. The Bertz CT molecular complexity index is 896.